The summed E-state index contributed by atoms with van der Waals surface area (Å²) >= 11 is 0. The Kier molecular flexibility index (Phi) is 5.61. The van der Waals surface area contributed by atoms with Crippen LogP contribution in [-0.2, 0) is 29.5 Å². The minimum Gasteiger partial charge on any atom is -0.497 e. The molecule has 0 bridgehead atoms. The van der Waals surface area contributed by atoms with Crippen molar-refractivity contribution in [2.75, 3.05) is 7.11 Å². The molecular formula is C20H20N4O6S. The van der Waals surface area contributed by atoms with E-state index in [-0.39, 0.29) is 23.6 Å². The highest BCUT2D eigenvalue weighted by molar-refractivity contribution is 7.89. The van der Waals surface area contributed by atoms with Crippen LogP contribution < -0.4 is 15.2 Å². The van der Waals surface area contributed by atoms with E-state index in [1.165, 1.54) is 22.8 Å². The highest BCUT2D eigenvalue weighted by atomic mass is 32.2. The summed E-state index contributed by atoms with van der Waals surface area (Å²) in [7, 11) is -2.29. The summed E-state index contributed by atoms with van der Waals surface area (Å²) in [6.07, 6.45) is 0.581. The first-order valence-corrected chi connectivity index (χ1v) is 11.0. The molecule has 162 valence electrons. The van der Waals surface area contributed by atoms with Crippen LogP contribution in [0.2, 0.25) is 0 Å². The van der Waals surface area contributed by atoms with Crippen molar-refractivity contribution >= 4 is 21.1 Å². The predicted octanol–water partition coefficient (Wildman–Crippen LogP) is 2.08. The average molecular weight is 444 g/mol. The number of nitrogens with zero attached hydrogens (tertiary/aromatic N) is 3. The molecule has 4 aromatic rings. The highest BCUT2D eigenvalue weighted by Crippen LogP contribution is 2.20. The van der Waals surface area contributed by atoms with Gasteiger partial charge >= 0.3 is 5.76 Å². The van der Waals surface area contributed by atoms with Gasteiger partial charge in [-0.05, 0) is 29.8 Å². The molecule has 1 N–H and O–H groups in total. The largest absolute Gasteiger partial charge is 0.497 e. The highest BCUT2D eigenvalue weighted by Gasteiger charge is 2.19. The normalized spacial score (nSPS) is 11.8. The number of benzene rings is 2. The third-order valence-electron chi connectivity index (χ3n) is 4.66. The number of hydrogen-bond acceptors (Lipinski definition) is 8. The fourth-order valence-electron chi connectivity index (χ4n) is 3.05. The quantitative estimate of drug-likeness (QED) is 0.437. The summed E-state index contributed by atoms with van der Waals surface area (Å²) < 4.78 is 44.7. The summed E-state index contributed by atoms with van der Waals surface area (Å²) in [4.78, 5) is 16.4. The number of oxazole rings is 1. The smallest absolute Gasteiger partial charge is 0.420 e. The summed E-state index contributed by atoms with van der Waals surface area (Å²) in [6, 6.07) is 11.3. The second-order valence-electron chi connectivity index (χ2n) is 6.72. The number of hydrogen-bond donors (Lipinski definition) is 1. The molecule has 2 aromatic heterocycles. The fourth-order valence-corrected chi connectivity index (χ4v) is 4.08. The lowest BCUT2D eigenvalue weighted by Crippen LogP contribution is -2.23. The van der Waals surface area contributed by atoms with Crippen LogP contribution >= 0.6 is 0 Å². The van der Waals surface area contributed by atoms with Crippen molar-refractivity contribution in [1.29, 1.82) is 0 Å². The first kappa shape index (κ1) is 20.8. The van der Waals surface area contributed by atoms with E-state index >= 15 is 0 Å². The fraction of sp³-hybridized carbons (Fsp3) is 0.250. The lowest BCUT2D eigenvalue weighted by atomic mass is 10.2. The molecule has 2 aromatic carbocycles. The number of nitrogens with one attached hydrogen (secondary N) is 1. The molecule has 4 rings (SSSR count). The molecule has 11 heteroatoms. The molecular weight excluding hydrogens is 424 g/mol. The molecule has 0 aliphatic rings. The van der Waals surface area contributed by atoms with E-state index in [4.69, 9.17) is 13.7 Å². The van der Waals surface area contributed by atoms with E-state index in [9.17, 15) is 13.2 Å². The van der Waals surface area contributed by atoms with E-state index in [1.807, 2.05) is 6.92 Å². The third kappa shape index (κ3) is 4.37. The van der Waals surface area contributed by atoms with E-state index < -0.39 is 15.8 Å². The molecule has 0 radical (unpaired) electrons. The van der Waals surface area contributed by atoms with Crippen molar-refractivity contribution in [3.8, 4) is 5.75 Å². The Morgan fingerprint density at radius 1 is 1.19 bits per heavy atom. The van der Waals surface area contributed by atoms with Gasteiger partial charge in [0.05, 0.1) is 24.1 Å². The van der Waals surface area contributed by atoms with E-state index in [2.05, 4.69) is 14.9 Å². The molecule has 31 heavy (non-hydrogen) atoms. The van der Waals surface area contributed by atoms with Gasteiger partial charge in [-0.15, -0.1) is 0 Å². The molecule has 0 fully saturated rings. The zero-order valence-corrected chi connectivity index (χ0v) is 17.7. The number of aryl methyl sites for hydroxylation is 1. The molecule has 10 nitrogen and oxygen atoms in total. The van der Waals surface area contributed by atoms with Crippen LogP contribution in [-0.4, -0.2) is 30.2 Å². The Morgan fingerprint density at radius 3 is 2.77 bits per heavy atom. The van der Waals surface area contributed by atoms with Gasteiger partial charge in [-0.2, -0.15) is 4.98 Å². The number of sulfonamides is 1. The predicted molar refractivity (Wildman–Crippen MR) is 110 cm³/mol. The Balaban J connectivity index is 1.57. The van der Waals surface area contributed by atoms with Gasteiger partial charge in [0.1, 0.15) is 5.75 Å². The van der Waals surface area contributed by atoms with Crippen LogP contribution in [0, 0.1) is 0 Å². The standard InChI is InChI=1S/C20H20N4O6S/c1-3-19-22-18(23-30-19)12-24-16-8-7-15(10-17(16)29-20(24)25)31(26,27)21-11-13-5-4-6-14(9-13)28-2/h4-10,21H,3,11-12H2,1-2H3. The van der Waals surface area contributed by atoms with Gasteiger partial charge in [-0.1, -0.05) is 24.2 Å². The maximum Gasteiger partial charge on any atom is 0.420 e. The van der Waals surface area contributed by atoms with Crippen molar-refractivity contribution in [3.05, 3.63) is 70.3 Å². The second-order valence-corrected chi connectivity index (χ2v) is 8.48. The minimum absolute atomic E-state index is 0.0170. The van der Waals surface area contributed by atoms with E-state index in [0.29, 0.717) is 29.4 Å². The summed E-state index contributed by atoms with van der Waals surface area (Å²) in [5, 5.41) is 3.83. The Labute approximate surface area is 177 Å². The molecule has 0 aliphatic carbocycles. The zero-order chi connectivity index (χ0) is 22.0. The Bertz CT molecular complexity index is 1390. The minimum atomic E-state index is -3.83. The van der Waals surface area contributed by atoms with E-state index in [1.54, 1.807) is 31.4 Å². The monoisotopic (exact) mass is 444 g/mol. The summed E-state index contributed by atoms with van der Waals surface area (Å²) in [5.74, 6) is 0.787. The number of fused-ring (bicyclic) bond motifs is 1. The molecule has 0 spiro atoms. The van der Waals surface area contributed by atoms with Crippen LogP contribution in [0.1, 0.15) is 24.2 Å². The Morgan fingerprint density at radius 2 is 2.03 bits per heavy atom. The number of aromatic nitrogens is 3. The van der Waals surface area contributed by atoms with Gasteiger partial charge in [0.15, 0.2) is 11.4 Å². The average Bonchev–Trinajstić information content (AvgIpc) is 3.36. The van der Waals surface area contributed by atoms with Crippen molar-refractivity contribution < 1.29 is 22.1 Å². The van der Waals surface area contributed by atoms with Crippen molar-refractivity contribution in [1.82, 2.24) is 19.4 Å². The first-order chi connectivity index (χ1) is 14.9. The van der Waals surface area contributed by atoms with Gasteiger partial charge in [-0.3, -0.25) is 4.57 Å². The summed E-state index contributed by atoms with van der Waals surface area (Å²) in [6.45, 7) is 2.01. The van der Waals surface area contributed by atoms with Crippen molar-refractivity contribution in [3.63, 3.8) is 0 Å². The van der Waals surface area contributed by atoms with Crippen molar-refractivity contribution in [2.45, 2.75) is 31.3 Å². The van der Waals surface area contributed by atoms with Gasteiger partial charge < -0.3 is 13.7 Å². The van der Waals surface area contributed by atoms with Crippen LogP contribution in [0.4, 0.5) is 0 Å². The first-order valence-electron chi connectivity index (χ1n) is 9.47. The molecule has 2 heterocycles. The SMILES string of the molecule is CCc1nc(Cn2c(=O)oc3cc(S(=O)(=O)NCc4cccc(OC)c4)ccc32)no1. The maximum absolute atomic E-state index is 12.7. The maximum atomic E-state index is 12.7. The Hall–Kier alpha value is -3.44. The lowest BCUT2D eigenvalue weighted by Gasteiger charge is -2.08. The van der Waals surface area contributed by atoms with Gasteiger partial charge in [0, 0.05) is 19.0 Å². The topological polar surface area (TPSA) is 129 Å². The van der Waals surface area contributed by atoms with Crippen LogP contribution in [0.3, 0.4) is 0 Å². The third-order valence-corrected chi connectivity index (χ3v) is 6.06. The molecule has 0 saturated carbocycles. The van der Waals surface area contributed by atoms with Crippen LogP contribution in [0.5, 0.6) is 5.75 Å². The zero-order valence-electron chi connectivity index (χ0n) is 16.9. The molecule has 0 saturated heterocycles. The molecule has 0 aliphatic heterocycles. The van der Waals surface area contributed by atoms with Crippen molar-refractivity contribution in [2.24, 2.45) is 0 Å². The van der Waals surface area contributed by atoms with Crippen LogP contribution in [0.25, 0.3) is 11.1 Å². The van der Waals surface area contributed by atoms with Gasteiger partial charge in [0.2, 0.25) is 15.9 Å². The van der Waals surface area contributed by atoms with Gasteiger partial charge in [0.25, 0.3) is 0 Å². The van der Waals surface area contributed by atoms with Crippen LogP contribution in [0.15, 0.2) is 61.1 Å². The second kappa shape index (κ2) is 8.36. The lowest BCUT2D eigenvalue weighted by molar-refractivity contribution is 0.375. The molecule has 0 atom stereocenters. The number of ether oxygens (including phenoxy) is 1. The number of rotatable bonds is 8. The molecule has 0 amide bonds. The van der Waals surface area contributed by atoms with E-state index in [0.717, 1.165) is 5.56 Å². The van der Waals surface area contributed by atoms with Gasteiger partial charge in [-0.25, -0.2) is 17.9 Å². The summed E-state index contributed by atoms with van der Waals surface area (Å²) in [5.41, 5.74) is 1.32. The molecule has 0 unspecified atom stereocenters. The number of methoxy groups -OCH3 is 1.